The molecule has 236 valence electrons. The van der Waals surface area contributed by atoms with Gasteiger partial charge < -0.3 is 25.4 Å². The van der Waals surface area contributed by atoms with Crippen LogP contribution in [-0.2, 0) is 9.59 Å². The van der Waals surface area contributed by atoms with E-state index in [1.807, 2.05) is 30.9 Å². The number of aliphatic hydroxyl groups excluding tert-OH is 1. The Labute approximate surface area is 260 Å². The van der Waals surface area contributed by atoms with E-state index in [0.29, 0.717) is 32.5 Å². The van der Waals surface area contributed by atoms with Crippen LogP contribution in [0.15, 0.2) is 30.3 Å². The van der Waals surface area contributed by atoms with Crippen LogP contribution in [0.1, 0.15) is 104 Å². The fourth-order valence-electron chi connectivity index (χ4n) is 7.53. The maximum atomic E-state index is 14.0. The number of aryl methyl sites for hydroxylation is 2. The lowest BCUT2D eigenvalue weighted by atomic mass is 9.77. The average molecular weight is 615 g/mol. The number of unbranched alkanes of at least 4 members (excludes halogenated alkanes) is 1. The molecule has 3 aliphatic rings. The highest BCUT2D eigenvalue weighted by molar-refractivity contribution is 6.00. The Morgan fingerprint density at radius 1 is 1.07 bits per heavy atom. The number of aliphatic hydroxyl groups is 1. The Morgan fingerprint density at radius 3 is 2.28 bits per heavy atom. The van der Waals surface area contributed by atoms with Gasteiger partial charge >= 0.3 is 5.97 Å². The molecule has 0 bridgehead atoms. The second kappa shape index (κ2) is 13.8. The lowest BCUT2D eigenvalue weighted by molar-refractivity contribution is -0.166. The fourth-order valence-corrected chi connectivity index (χ4v) is 7.53. The topological polar surface area (TPSA) is 126 Å². The molecular weight excluding hydrogens is 568 g/mol. The van der Waals surface area contributed by atoms with Crippen molar-refractivity contribution in [2.24, 2.45) is 5.92 Å². The van der Waals surface area contributed by atoms with E-state index in [1.165, 1.54) is 0 Å². The second-order valence-electron chi connectivity index (χ2n) is 12.6. The lowest BCUT2D eigenvalue weighted by Gasteiger charge is -2.53. The number of likely N-dealkylation sites (tertiary alicyclic amines) is 1. The van der Waals surface area contributed by atoms with Crippen molar-refractivity contribution in [3.8, 4) is 0 Å². The van der Waals surface area contributed by atoms with E-state index >= 15 is 0 Å². The number of carboxylic acid groups (broad SMARTS) is 1. The van der Waals surface area contributed by atoms with Gasteiger partial charge in [-0.05, 0) is 81.2 Å². The zero-order valence-corrected chi connectivity index (χ0v) is 26.4. The molecule has 2 aromatic rings. The molecule has 1 unspecified atom stereocenters. The van der Waals surface area contributed by atoms with Gasteiger partial charge in [-0.3, -0.25) is 14.5 Å². The number of rotatable bonds is 9. The Kier molecular flexibility index (Phi) is 10.6. The molecule has 3 atom stereocenters. The first kappa shape index (κ1) is 33.0. The molecule has 5 rings (SSSR count). The summed E-state index contributed by atoms with van der Waals surface area (Å²) in [5.41, 5.74) is 3.51. The van der Waals surface area contributed by atoms with Gasteiger partial charge in [-0.1, -0.05) is 44.7 Å². The normalized spacial score (nSPS) is 22.6. The van der Waals surface area contributed by atoms with Gasteiger partial charge in [0.1, 0.15) is 11.6 Å². The van der Waals surface area contributed by atoms with Crippen molar-refractivity contribution >= 4 is 30.2 Å². The molecule has 43 heavy (non-hydrogen) atoms. The van der Waals surface area contributed by atoms with E-state index in [4.69, 9.17) is 0 Å². The number of aromatic carboxylic acids is 1. The Morgan fingerprint density at radius 2 is 1.72 bits per heavy atom. The van der Waals surface area contributed by atoms with Crippen LogP contribution in [0.25, 0.3) is 0 Å². The van der Waals surface area contributed by atoms with E-state index in [1.54, 1.807) is 12.1 Å². The summed E-state index contributed by atoms with van der Waals surface area (Å²) in [5.74, 6) is -1.21. The highest BCUT2D eigenvalue weighted by Crippen LogP contribution is 2.40. The Bertz CT molecular complexity index is 1280. The monoisotopic (exact) mass is 614 g/mol. The summed E-state index contributed by atoms with van der Waals surface area (Å²) in [7, 11) is 0. The number of amides is 2. The van der Waals surface area contributed by atoms with Crippen molar-refractivity contribution in [3.63, 3.8) is 0 Å². The van der Waals surface area contributed by atoms with Crippen molar-refractivity contribution in [1.29, 1.82) is 0 Å². The third kappa shape index (κ3) is 6.49. The zero-order chi connectivity index (χ0) is 30.0. The standard InChI is InChI=1S/C33H46N4O5.ClH/c1-4-5-17-37-30(39)27(29(38)24-9-7-6-8-10-24)35-32(42)33(37)15-18-36(19-16-33)28(26-20-21(2)34-22(26)3)23-11-13-25(14-12-23)31(40)41;/h11-14,20,24,27-29,34,38H,4-10,15-19H2,1-3H3,(H,35,42)(H,40,41);1H/t27-,28?,29-;/m1./s1. The largest absolute Gasteiger partial charge is 0.478 e. The second-order valence-corrected chi connectivity index (χ2v) is 12.6. The van der Waals surface area contributed by atoms with Crippen molar-refractivity contribution in [2.45, 2.75) is 102 Å². The maximum Gasteiger partial charge on any atom is 0.335 e. The summed E-state index contributed by atoms with van der Waals surface area (Å²) in [6.45, 7) is 7.84. The molecule has 9 nitrogen and oxygen atoms in total. The summed E-state index contributed by atoms with van der Waals surface area (Å²) >= 11 is 0. The third-order valence-electron chi connectivity index (χ3n) is 9.92. The predicted molar refractivity (Wildman–Crippen MR) is 167 cm³/mol. The molecule has 1 aliphatic carbocycles. The van der Waals surface area contributed by atoms with Crippen molar-refractivity contribution in [3.05, 3.63) is 58.4 Å². The molecule has 2 amide bonds. The number of hydrogen-bond acceptors (Lipinski definition) is 5. The van der Waals surface area contributed by atoms with Crippen molar-refractivity contribution in [1.82, 2.24) is 20.1 Å². The minimum atomic E-state index is -0.959. The van der Waals surface area contributed by atoms with Gasteiger partial charge in [0.05, 0.1) is 17.7 Å². The predicted octanol–water partition coefficient (Wildman–Crippen LogP) is 4.74. The first-order valence-electron chi connectivity index (χ1n) is 15.7. The Balaban J connectivity index is 0.00000423. The van der Waals surface area contributed by atoms with Gasteiger partial charge in [-0.2, -0.15) is 0 Å². The number of carbonyl (C=O) groups is 3. The molecule has 4 N–H and O–H groups in total. The van der Waals surface area contributed by atoms with Gasteiger partial charge in [0, 0.05) is 31.0 Å². The molecule has 3 heterocycles. The zero-order valence-electron chi connectivity index (χ0n) is 25.6. The number of nitrogens with one attached hydrogen (secondary N) is 2. The van der Waals surface area contributed by atoms with Gasteiger partial charge in [0.15, 0.2) is 0 Å². The number of hydrogen-bond donors (Lipinski definition) is 4. The SMILES string of the molecule is CCCCN1C(=O)[C@@H]([C@H](O)C2CCCCC2)NC(=O)C12CCN(C(c1ccc(C(=O)O)cc1)c1cc(C)[nH]c1C)CC2.Cl. The van der Waals surface area contributed by atoms with E-state index < -0.39 is 23.7 Å². The van der Waals surface area contributed by atoms with E-state index in [9.17, 15) is 24.6 Å². The van der Waals surface area contributed by atoms with Crippen LogP contribution in [-0.4, -0.2) is 80.1 Å². The molecule has 0 radical (unpaired) electrons. The summed E-state index contributed by atoms with van der Waals surface area (Å²) in [6, 6.07) is 8.17. The fraction of sp³-hybridized carbons (Fsp3) is 0.606. The number of aromatic nitrogens is 1. The molecule has 1 aromatic heterocycles. The molecule has 3 fully saturated rings. The number of carbonyl (C=O) groups excluding carboxylic acids is 2. The number of aromatic amines is 1. The molecule has 1 aromatic carbocycles. The highest BCUT2D eigenvalue weighted by atomic mass is 35.5. The number of halogens is 1. The molecule has 1 spiro atoms. The van der Waals surface area contributed by atoms with Gasteiger partial charge in [0.25, 0.3) is 0 Å². The quantitative estimate of drug-likeness (QED) is 0.323. The van der Waals surface area contributed by atoms with Crippen molar-refractivity contribution in [2.75, 3.05) is 19.6 Å². The number of piperidine rings is 1. The van der Waals surface area contributed by atoms with Gasteiger partial charge in [-0.15, -0.1) is 12.4 Å². The van der Waals surface area contributed by atoms with Crippen LogP contribution in [0, 0.1) is 19.8 Å². The number of nitrogens with zero attached hydrogens (tertiary/aromatic N) is 2. The smallest absolute Gasteiger partial charge is 0.335 e. The summed E-state index contributed by atoms with van der Waals surface area (Å²) in [4.78, 5) is 47.0. The van der Waals surface area contributed by atoms with Crippen molar-refractivity contribution < 1.29 is 24.6 Å². The summed E-state index contributed by atoms with van der Waals surface area (Å²) in [6.07, 6.45) is 6.88. The van der Waals surface area contributed by atoms with E-state index in [2.05, 4.69) is 28.2 Å². The number of H-pyrrole nitrogens is 1. The van der Waals surface area contributed by atoms with Crippen LogP contribution in [0.3, 0.4) is 0 Å². The molecule has 10 heteroatoms. The minimum Gasteiger partial charge on any atom is -0.478 e. The van der Waals surface area contributed by atoms with Crippen LogP contribution in [0.2, 0.25) is 0 Å². The lowest BCUT2D eigenvalue weighted by Crippen LogP contribution is -2.75. The number of benzene rings is 1. The minimum absolute atomic E-state index is 0. The molecule has 2 saturated heterocycles. The van der Waals surface area contributed by atoms with E-state index in [0.717, 1.165) is 67.5 Å². The number of piperazine rings is 1. The summed E-state index contributed by atoms with van der Waals surface area (Å²) < 4.78 is 0. The van der Waals surface area contributed by atoms with Gasteiger partial charge in [-0.25, -0.2) is 4.79 Å². The molecular formula is C33H47ClN4O5. The third-order valence-corrected chi connectivity index (χ3v) is 9.92. The van der Waals surface area contributed by atoms with Crippen LogP contribution >= 0.6 is 12.4 Å². The maximum absolute atomic E-state index is 14.0. The van der Waals surface area contributed by atoms with Crippen LogP contribution in [0.4, 0.5) is 0 Å². The first-order chi connectivity index (χ1) is 20.2. The van der Waals surface area contributed by atoms with Gasteiger partial charge in [0.2, 0.25) is 11.8 Å². The van der Waals surface area contributed by atoms with Crippen LogP contribution in [0.5, 0.6) is 0 Å². The summed E-state index contributed by atoms with van der Waals surface area (Å²) in [5, 5.41) is 23.7. The average Bonchev–Trinajstić information content (AvgIpc) is 3.33. The first-order valence-corrected chi connectivity index (χ1v) is 15.7. The van der Waals surface area contributed by atoms with E-state index in [-0.39, 0.29) is 41.7 Å². The Hall–Kier alpha value is -2.88. The number of carboxylic acids is 1. The van der Waals surface area contributed by atoms with Crippen LogP contribution < -0.4 is 5.32 Å². The molecule has 2 aliphatic heterocycles. The molecule has 1 saturated carbocycles. The highest BCUT2D eigenvalue weighted by Gasteiger charge is 2.55.